The minimum Gasteiger partial charge on any atom is -0.336 e. The van der Waals surface area contributed by atoms with Crippen molar-refractivity contribution in [1.82, 2.24) is 14.7 Å². The van der Waals surface area contributed by atoms with Crippen LogP contribution in [-0.2, 0) is 0 Å². The molecule has 0 bridgehead atoms. The molecule has 0 saturated carbocycles. The van der Waals surface area contributed by atoms with Crippen LogP contribution in [0.3, 0.4) is 0 Å². The van der Waals surface area contributed by atoms with E-state index in [2.05, 4.69) is 20.9 Å². The number of rotatable bonds is 4. The molecule has 25 heavy (non-hydrogen) atoms. The second-order valence-corrected chi connectivity index (χ2v) is 5.90. The van der Waals surface area contributed by atoms with Crippen molar-refractivity contribution in [1.29, 1.82) is 0 Å². The van der Waals surface area contributed by atoms with Crippen LogP contribution in [0.4, 0.5) is 16.2 Å². The van der Waals surface area contributed by atoms with Crippen molar-refractivity contribution in [3.8, 4) is 0 Å². The largest absolute Gasteiger partial charge is 0.336 e. The first-order valence-corrected chi connectivity index (χ1v) is 7.93. The van der Waals surface area contributed by atoms with Crippen molar-refractivity contribution in [2.24, 2.45) is 0 Å². The third kappa shape index (κ3) is 4.14. The predicted octanol–water partition coefficient (Wildman–Crippen LogP) is 3.12. The molecular weight excluding hydrogens is 318 g/mol. The molecule has 0 spiro atoms. The summed E-state index contributed by atoms with van der Waals surface area (Å²) in [6, 6.07) is 10.2. The number of amides is 3. The molecule has 2 aromatic heterocycles. The van der Waals surface area contributed by atoms with Gasteiger partial charge in [-0.25, -0.2) is 9.78 Å². The van der Waals surface area contributed by atoms with Crippen LogP contribution in [0.2, 0.25) is 0 Å². The van der Waals surface area contributed by atoms with Gasteiger partial charge in [-0.2, -0.15) is 0 Å². The number of aromatic nitrogens is 2. The van der Waals surface area contributed by atoms with Crippen molar-refractivity contribution in [3.63, 3.8) is 0 Å². The van der Waals surface area contributed by atoms with Crippen LogP contribution in [-0.4, -0.2) is 27.4 Å². The average molecular weight is 337 g/mol. The van der Waals surface area contributed by atoms with Gasteiger partial charge in [-0.05, 0) is 50.2 Å². The Morgan fingerprint density at radius 2 is 1.68 bits per heavy atom. The van der Waals surface area contributed by atoms with Gasteiger partial charge < -0.3 is 20.4 Å². The molecule has 3 amide bonds. The van der Waals surface area contributed by atoms with Crippen LogP contribution >= 0.6 is 0 Å². The zero-order valence-corrected chi connectivity index (χ0v) is 14.0. The van der Waals surface area contributed by atoms with Gasteiger partial charge in [0.25, 0.3) is 5.91 Å². The molecule has 0 unspecified atom stereocenters. The van der Waals surface area contributed by atoms with Crippen molar-refractivity contribution >= 4 is 29.0 Å². The van der Waals surface area contributed by atoms with Crippen molar-refractivity contribution < 1.29 is 9.59 Å². The van der Waals surface area contributed by atoms with Gasteiger partial charge in [0.05, 0.1) is 5.56 Å². The van der Waals surface area contributed by atoms with E-state index in [1.54, 1.807) is 59.4 Å². The van der Waals surface area contributed by atoms with Crippen LogP contribution in [0, 0.1) is 0 Å². The summed E-state index contributed by atoms with van der Waals surface area (Å²) in [4.78, 5) is 28.1. The molecule has 0 radical (unpaired) electrons. The molecule has 3 aromatic rings. The molecule has 0 saturated heterocycles. The highest BCUT2D eigenvalue weighted by molar-refractivity contribution is 6.04. The summed E-state index contributed by atoms with van der Waals surface area (Å²) in [5, 5.41) is 8.30. The molecule has 0 atom stereocenters. The molecule has 7 nitrogen and oxygen atoms in total. The van der Waals surface area contributed by atoms with E-state index in [9.17, 15) is 9.59 Å². The Hall–Kier alpha value is -3.35. The Labute approximate surface area is 145 Å². The van der Waals surface area contributed by atoms with Crippen molar-refractivity contribution in [2.75, 3.05) is 10.6 Å². The van der Waals surface area contributed by atoms with E-state index < -0.39 is 0 Å². The van der Waals surface area contributed by atoms with Gasteiger partial charge in [-0.1, -0.05) is 0 Å². The molecule has 1 aromatic carbocycles. The average Bonchev–Trinajstić information content (AvgIpc) is 3.03. The lowest BCUT2D eigenvalue weighted by atomic mass is 10.2. The highest BCUT2D eigenvalue weighted by Gasteiger charge is 2.08. The highest BCUT2D eigenvalue weighted by atomic mass is 16.2. The van der Waals surface area contributed by atoms with Crippen LogP contribution in [0.25, 0.3) is 5.65 Å². The molecule has 3 rings (SSSR count). The third-order valence-electron chi connectivity index (χ3n) is 3.47. The first kappa shape index (κ1) is 16.5. The smallest absolute Gasteiger partial charge is 0.319 e. The monoisotopic (exact) mass is 337 g/mol. The Balaban J connectivity index is 1.64. The third-order valence-corrected chi connectivity index (χ3v) is 3.47. The summed E-state index contributed by atoms with van der Waals surface area (Å²) < 4.78 is 1.79. The number of nitrogens with one attached hydrogen (secondary N) is 3. The Morgan fingerprint density at radius 3 is 2.36 bits per heavy atom. The minimum absolute atomic E-state index is 0.0615. The topological polar surface area (TPSA) is 87.5 Å². The number of imidazole rings is 1. The fourth-order valence-electron chi connectivity index (χ4n) is 2.32. The number of hydrogen-bond acceptors (Lipinski definition) is 3. The number of benzene rings is 1. The van der Waals surface area contributed by atoms with Gasteiger partial charge in [-0.3, -0.25) is 4.79 Å². The molecule has 0 aliphatic heterocycles. The first-order chi connectivity index (χ1) is 12.0. The molecular formula is C18H19N5O2. The maximum atomic E-state index is 12.3. The second kappa shape index (κ2) is 7.04. The molecule has 0 aliphatic carbocycles. The van der Waals surface area contributed by atoms with Crippen LogP contribution in [0.15, 0.2) is 55.0 Å². The number of anilines is 2. The lowest BCUT2D eigenvalue weighted by molar-refractivity contribution is 0.102. The Morgan fingerprint density at radius 1 is 1.00 bits per heavy atom. The van der Waals surface area contributed by atoms with Gasteiger partial charge in [0.15, 0.2) is 0 Å². The van der Waals surface area contributed by atoms with E-state index in [-0.39, 0.29) is 18.0 Å². The van der Waals surface area contributed by atoms with Crippen LogP contribution < -0.4 is 16.0 Å². The van der Waals surface area contributed by atoms with E-state index >= 15 is 0 Å². The van der Waals surface area contributed by atoms with Crippen LogP contribution in [0.1, 0.15) is 24.2 Å². The normalized spacial score (nSPS) is 10.7. The highest BCUT2D eigenvalue weighted by Crippen LogP contribution is 2.15. The fraction of sp³-hybridized carbons (Fsp3) is 0.167. The molecule has 0 fully saturated rings. The number of carbonyl (C=O) groups excluding carboxylic acids is 2. The van der Waals surface area contributed by atoms with Gasteiger partial charge >= 0.3 is 6.03 Å². The standard InChI is InChI=1S/C18H19N5O2/c1-12(2)20-18(25)22-15-6-4-14(5-7-15)21-17(24)13-3-8-16-19-9-10-23(16)11-13/h3-12H,1-2H3,(H,21,24)(H2,20,22,25). The number of fused-ring (bicyclic) bond motifs is 1. The first-order valence-electron chi connectivity index (χ1n) is 7.93. The van der Waals surface area contributed by atoms with Crippen molar-refractivity contribution in [2.45, 2.75) is 19.9 Å². The Kier molecular flexibility index (Phi) is 4.65. The Bertz CT molecular complexity index is 899. The molecule has 128 valence electrons. The number of pyridine rings is 1. The van der Waals surface area contributed by atoms with E-state index in [0.717, 1.165) is 5.65 Å². The lowest BCUT2D eigenvalue weighted by Crippen LogP contribution is -2.34. The zero-order valence-electron chi connectivity index (χ0n) is 14.0. The van der Waals surface area contributed by atoms with Gasteiger partial charge in [0, 0.05) is 36.0 Å². The quantitative estimate of drug-likeness (QED) is 0.683. The number of carbonyl (C=O) groups is 2. The SMILES string of the molecule is CC(C)NC(=O)Nc1ccc(NC(=O)c2ccc3nccn3c2)cc1. The van der Waals surface area contributed by atoms with E-state index in [4.69, 9.17) is 0 Å². The molecule has 3 N–H and O–H groups in total. The van der Waals surface area contributed by atoms with E-state index in [1.807, 2.05) is 13.8 Å². The predicted molar refractivity (Wildman–Crippen MR) is 96.9 cm³/mol. The summed E-state index contributed by atoms with van der Waals surface area (Å²) in [6.45, 7) is 3.78. The van der Waals surface area contributed by atoms with Crippen LogP contribution in [0.5, 0.6) is 0 Å². The summed E-state index contributed by atoms with van der Waals surface area (Å²) in [5.74, 6) is -0.214. The number of nitrogens with zero attached hydrogens (tertiary/aromatic N) is 2. The summed E-state index contributed by atoms with van der Waals surface area (Å²) >= 11 is 0. The summed E-state index contributed by atoms with van der Waals surface area (Å²) in [6.07, 6.45) is 5.19. The fourth-order valence-corrected chi connectivity index (χ4v) is 2.32. The number of hydrogen-bond donors (Lipinski definition) is 3. The lowest BCUT2D eigenvalue weighted by Gasteiger charge is -2.11. The summed E-state index contributed by atoms with van der Waals surface area (Å²) in [5.41, 5.74) is 2.61. The van der Waals surface area contributed by atoms with E-state index in [0.29, 0.717) is 16.9 Å². The summed E-state index contributed by atoms with van der Waals surface area (Å²) in [7, 11) is 0. The van der Waals surface area contributed by atoms with Gasteiger partial charge in [0.1, 0.15) is 5.65 Å². The maximum absolute atomic E-state index is 12.3. The number of urea groups is 1. The van der Waals surface area contributed by atoms with Crippen molar-refractivity contribution in [3.05, 3.63) is 60.6 Å². The maximum Gasteiger partial charge on any atom is 0.319 e. The molecule has 7 heteroatoms. The molecule has 0 aliphatic rings. The van der Waals surface area contributed by atoms with Gasteiger partial charge in [-0.15, -0.1) is 0 Å². The zero-order chi connectivity index (χ0) is 17.8. The second-order valence-electron chi connectivity index (χ2n) is 5.90. The van der Waals surface area contributed by atoms with Gasteiger partial charge in [0.2, 0.25) is 0 Å². The van der Waals surface area contributed by atoms with E-state index in [1.165, 1.54) is 0 Å². The minimum atomic E-state index is -0.263. The molecule has 2 heterocycles.